The molecule has 0 saturated carbocycles. The van der Waals surface area contributed by atoms with Crippen LogP contribution in [0.15, 0.2) is 48.1 Å². The number of carbonyl (C=O) groups excluding carboxylic acids is 2. The lowest BCUT2D eigenvalue weighted by molar-refractivity contribution is -0.151. The van der Waals surface area contributed by atoms with Gasteiger partial charge in [0.2, 0.25) is 11.8 Å². The average molecular weight is 425 g/mol. The molecular formula is C21H24N6O2S. The number of tetrazole rings is 1. The first-order chi connectivity index (χ1) is 14.7. The van der Waals surface area contributed by atoms with Gasteiger partial charge in [-0.15, -0.1) is 16.4 Å². The highest BCUT2D eigenvalue weighted by atomic mass is 32.1. The van der Waals surface area contributed by atoms with Crippen LogP contribution in [-0.4, -0.2) is 67.5 Å². The highest BCUT2D eigenvalue weighted by Crippen LogP contribution is 2.26. The molecule has 1 saturated heterocycles. The third kappa shape index (κ3) is 4.40. The van der Waals surface area contributed by atoms with E-state index in [1.165, 1.54) is 15.9 Å². The minimum absolute atomic E-state index is 0.0149. The van der Waals surface area contributed by atoms with Crippen molar-refractivity contribution in [3.63, 3.8) is 0 Å². The number of hydrogen-bond donors (Lipinski definition) is 0. The molecule has 0 bridgehead atoms. The van der Waals surface area contributed by atoms with E-state index in [1.807, 2.05) is 30.0 Å². The van der Waals surface area contributed by atoms with Crippen molar-refractivity contribution in [2.75, 3.05) is 19.6 Å². The molecule has 4 rings (SSSR count). The number of rotatable bonds is 7. The number of piperazine rings is 1. The van der Waals surface area contributed by atoms with E-state index in [1.54, 1.807) is 16.2 Å². The molecule has 0 N–H and O–H groups in total. The third-order valence-corrected chi connectivity index (χ3v) is 6.31. The Hall–Kier alpha value is -3.07. The molecule has 1 atom stereocenters. The van der Waals surface area contributed by atoms with Crippen LogP contribution in [0.4, 0.5) is 0 Å². The smallest absolute Gasteiger partial charge is 0.245 e. The van der Waals surface area contributed by atoms with Gasteiger partial charge in [0.05, 0.1) is 6.54 Å². The molecule has 2 amide bonds. The number of benzene rings is 1. The van der Waals surface area contributed by atoms with Crippen molar-refractivity contribution >= 4 is 23.2 Å². The Morgan fingerprint density at radius 3 is 2.87 bits per heavy atom. The Labute approximate surface area is 179 Å². The maximum Gasteiger partial charge on any atom is 0.245 e. The second kappa shape index (κ2) is 9.17. The molecule has 30 heavy (non-hydrogen) atoms. The highest BCUT2D eigenvalue weighted by Gasteiger charge is 2.36. The van der Waals surface area contributed by atoms with Gasteiger partial charge in [0, 0.05) is 37.4 Å². The SMILES string of the molecule is CCN1CCN(C(=O)CCn2cnnn2)[C@@H](Cc2cccc(-c3cccs3)c2)C1=O. The Balaban J connectivity index is 1.52. The number of nitrogens with zero attached hydrogens (tertiary/aromatic N) is 6. The first kappa shape index (κ1) is 20.2. The summed E-state index contributed by atoms with van der Waals surface area (Å²) in [5.41, 5.74) is 2.19. The van der Waals surface area contributed by atoms with Gasteiger partial charge in [-0.2, -0.15) is 0 Å². The molecule has 0 spiro atoms. The van der Waals surface area contributed by atoms with Gasteiger partial charge < -0.3 is 9.80 Å². The molecule has 0 radical (unpaired) electrons. The van der Waals surface area contributed by atoms with Crippen LogP contribution in [0.2, 0.25) is 0 Å². The number of aromatic nitrogens is 4. The summed E-state index contributed by atoms with van der Waals surface area (Å²) in [6.07, 6.45) is 2.25. The largest absolute Gasteiger partial charge is 0.339 e. The van der Waals surface area contributed by atoms with Crippen molar-refractivity contribution in [3.05, 3.63) is 53.7 Å². The second-order valence-corrected chi connectivity index (χ2v) is 8.17. The van der Waals surface area contributed by atoms with E-state index in [0.717, 1.165) is 11.1 Å². The Kier molecular flexibility index (Phi) is 6.18. The van der Waals surface area contributed by atoms with Gasteiger partial charge in [-0.25, -0.2) is 4.68 Å². The zero-order chi connectivity index (χ0) is 20.9. The van der Waals surface area contributed by atoms with Crippen LogP contribution in [0.25, 0.3) is 10.4 Å². The molecule has 3 aromatic rings. The van der Waals surface area contributed by atoms with E-state index in [2.05, 4.69) is 39.1 Å². The fraction of sp³-hybridized carbons (Fsp3) is 0.381. The molecule has 3 heterocycles. The van der Waals surface area contributed by atoms with Crippen molar-refractivity contribution in [2.45, 2.75) is 32.4 Å². The van der Waals surface area contributed by atoms with Gasteiger partial charge in [-0.3, -0.25) is 9.59 Å². The van der Waals surface area contributed by atoms with Gasteiger partial charge in [-0.05, 0) is 39.9 Å². The molecule has 1 aliphatic rings. The van der Waals surface area contributed by atoms with E-state index in [-0.39, 0.29) is 18.2 Å². The summed E-state index contributed by atoms with van der Waals surface area (Å²) in [4.78, 5) is 30.8. The zero-order valence-electron chi connectivity index (χ0n) is 16.8. The van der Waals surface area contributed by atoms with Gasteiger partial charge in [0.1, 0.15) is 12.4 Å². The van der Waals surface area contributed by atoms with Gasteiger partial charge in [0.15, 0.2) is 0 Å². The molecule has 156 valence electrons. The van der Waals surface area contributed by atoms with Gasteiger partial charge in [0.25, 0.3) is 0 Å². The monoisotopic (exact) mass is 424 g/mol. The Morgan fingerprint density at radius 2 is 2.13 bits per heavy atom. The number of amides is 2. The van der Waals surface area contributed by atoms with E-state index >= 15 is 0 Å². The Bertz CT molecular complexity index is 989. The summed E-state index contributed by atoms with van der Waals surface area (Å²) in [5.74, 6) is -0.0323. The van der Waals surface area contributed by atoms with Crippen LogP contribution >= 0.6 is 11.3 Å². The number of hydrogen-bond acceptors (Lipinski definition) is 6. The fourth-order valence-electron chi connectivity index (χ4n) is 3.80. The minimum atomic E-state index is -0.487. The number of aryl methyl sites for hydroxylation is 1. The van der Waals surface area contributed by atoms with Crippen LogP contribution in [0.1, 0.15) is 18.9 Å². The lowest BCUT2D eigenvalue weighted by atomic mass is 9.98. The molecule has 2 aromatic heterocycles. The highest BCUT2D eigenvalue weighted by molar-refractivity contribution is 7.13. The van der Waals surface area contributed by atoms with Crippen LogP contribution in [0, 0.1) is 0 Å². The summed E-state index contributed by atoms with van der Waals surface area (Å²) in [6, 6.07) is 11.9. The topological polar surface area (TPSA) is 84.2 Å². The van der Waals surface area contributed by atoms with Crippen molar-refractivity contribution < 1.29 is 9.59 Å². The van der Waals surface area contributed by atoms with E-state index in [9.17, 15) is 9.59 Å². The van der Waals surface area contributed by atoms with Crippen LogP contribution in [0.3, 0.4) is 0 Å². The van der Waals surface area contributed by atoms with Crippen LogP contribution < -0.4 is 0 Å². The Morgan fingerprint density at radius 1 is 1.23 bits per heavy atom. The maximum absolute atomic E-state index is 13.1. The maximum atomic E-state index is 13.1. The van der Waals surface area contributed by atoms with E-state index in [4.69, 9.17) is 0 Å². The molecular weight excluding hydrogens is 400 g/mol. The molecule has 0 aliphatic carbocycles. The van der Waals surface area contributed by atoms with Crippen molar-refractivity contribution in [2.24, 2.45) is 0 Å². The van der Waals surface area contributed by atoms with Crippen molar-refractivity contribution in [1.29, 1.82) is 0 Å². The minimum Gasteiger partial charge on any atom is -0.339 e. The summed E-state index contributed by atoms with van der Waals surface area (Å²) in [5, 5.41) is 13.0. The molecule has 9 heteroatoms. The standard InChI is InChI=1S/C21H24N6O2S/c1-2-25-10-11-27(20(28)8-9-26-15-22-23-24-26)18(21(25)29)14-16-5-3-6-17(13-16)19-7-4-12-30-19/h3-7,12-13,15,18H,2,8-11,14H2,1H3/t18-/m0/s1. The fourth-order valence-corrected chi connectivity index (χ4v) is 4.53. The van der Waals surface area contributed by atoms with E-state index < -0.39 is 6.04 Å². The quantitative estimate of drug-likeness (QED) is 0.580. The molecule has 1 aliphatic heterocycles. The number of likely N-dealkylation sites (N-methyl/N-ethyl adjacent to an activating group) is 1. The third-order valence-electron chi connectivity index (χ3n) is 5.39. The number of thiophene rings is 1. The zero-order valence-corrected chi connectivity index (χ0v) is 17.7. The van der Waals surface area contributed by atoms with Crippen LogP contribution in [-0.2, 0) is 22.6 Å². The lowest BCUT2D eigenvalue weighted by Crippen LogP contribution is -2.59. The van der Waals surface area contributed by atoms with E-state index in [0.29, 0.717) is 32.6 Å². The normalized spacial score (nSPS) is 16.8. The number of carbonyl (C=O) groups is 2. The summed E-state index contributed by atoms with van der Waals surface area (Å²) >= 11 is 1.69. The molecule has 0 unspecified atom stereocenters. The summed E-state index contributed by atoms with van der Waals surface area (Å²) in [6.45, 7) is 4.13. The average Bonchev–Trinajstić information content (AvgIpc) is 3.48. The van der Waals surface area contributed by atoms with Gasteiger partial charge in [-0.1, -0.05) is 30.3 Å². The molecule has 1 aromatic carbocycles. The van der Waals surface area contributed by atoms with Gasteiger partial charge >= 0.3 is 0 Å². The summed E-state index contributed by atoms with van der Waals surface area (Å²) < 4.78 is 1.53. The first-order valence-electron chi connectivity index (χ1n) is 10.1. The first-order valence-corrected chi connectivity index (χ1v) is 11.0. The summed E-state index contributed by atoms with van der Waals surface area (Å²) in [7, 11) is 0. The van der Waals surface area contributed by atoms with Crippen molar-refractivity contribution in [1.82, 2.24) is 30.0 Å². The predicted molar refractivity (Wildman–Crippen MR) is 114 cm³/mol. The van der Waals surface area contributed by atoms with Crippen LogP contribution in [0.5, 0.6) is 0 Å². The second-order valence-electron chi connectivity index (χ2n) is 7.23. The lowest BCUT2D eigenvalue weighted by Gasteiger charge is -2.40. The predicted octanol–water partition coefficient (Wildman–Crippen LogP) is 2.09. The van der Waals surface area contributed by atoms with Crippen molar-refractivity contribution in [3.8, 4) is 10.4 Å². The molecule has 8 nitrogen and oxygen atoms in total. The molecule has 1 fully saturated rings.